The highest BCUT2D eigenvalue weighted by Crippen LogP contribution is 2.36. The molecule has 3 aliphatic heterocycles. The monoisotopic (exact) mass is 439 g/mol. The minimum atomic E-state index is -0.0800. The molecular formula is C26H37N3O3. The lowest BCUT2D eigenvalue weighted by Gasteiger charge is -2.52. The first kappa shape index (κ1) is 21.9. The van der Waals surface area contributed by atoms with Crippen LogP contribution in [0.5, 0.6) is 0 Å². The molecule has 3 heterocycles. The average Bonchev–Trinajstić information content (AvgIpc) is 3.50. The van der Waals surface area contributed by atoms with E-state index in [4.69, 9.17) is 4.74 Å². The Morgan fingerprint density at radius 3 is 2.50 bits per heavy atom. The van der Waals surface area contributed by atoms with Gasteiger partial charge in [-0.25, -0.2) is 0 Å². The number of amides is 2. The highest BCUT2D eigenvalue weighted by atomic mass is 16.5. The molecule has 6 nitrogen and oxygen atoms in total. The number of benzene rings is 1. The predicted molar refractivity (Wildman–Crippen MR) is 123 cm³/mol. The Bertz CT molecular complexity index is 794. The summed E-state index contributed by atoms with van der Waals surface area (Å²) in [5.74, 6) is 1.17. The summed E-state index contributed by atoms with van der Waals surface area (Å²) in [6, 6.07) is 10.6. The molecule has 1 saturated carbocycles. The summed E-state index contributed by atoms with van der Waals surface area (Å²) in [5, 5.41) is 0. The van der Waals surface area contributed by atoms with Gasteiger partial charge in [0.25, 0.3) is 0 Å². The molecule has 0 N–H and O–H groups in total. The molecule has 1 atom stereocenters. The largest absolute Gasteiger partial charge is 0.379 e. The zero-order chi connectivity index (χ0) is 22.0. The third kappa shape index (κ3) is 4.58. The van der Waals surface area contributed by atoms with Crippen LogP contribution in [0, 0.1) is 5.92 Å². The minimum absolute atomic E-state index is 0.0800. The Hall–Kier alpha value is -1.92. The number of hydrogen-bond donors (Lipinski definition) is 0. The topological polar surface area (TPSA) is 53.1 Å². The highest BCUT2D eigenvalue weighted by Gasteiger charge is 2.50. The first-order chi connectivity index (χ1) is 15.6. The van der Waals surface area contributed by atoms with Crippen molar-refractivity contribution in [3.8, 4) is 0 Å². The molecule has 0 radical (unpaired) electrons. The number of likely N-dealkylation sites (tertiary alicyclic amines) is 1. The van der Waals surface area contributed by atoms with Crippen molar-refractivity contribution in [2.75, 3.05) is 39.4 Å². The molecule has 0 bridgehead atoms. The van der Waals surface area contributed by atoms with Crippen molar-refractivity contribution in [3.05, 3.63) is 35.9 Å². The van der Waals surface area contributed by atoms with E-state index in [1.807, 2.05) is 23.1 Å². The molecule has 174 valence electrons. The molecule has 4 fully saturated rings. The molecule has 4 aliphatic rings. The quantitative estimate of drug-likeness (QED) is 0.708. The first-order valence-electron chi connectivity index (χ1n) is 12.6. The number of rotatable bonds is 5. The zero-order valence-corrected chi connectivity index (χ0v) is 19.2. The van der Waals surface area contributed by atoms with E-state index in [0.29, 0.717) is 37.6 Å². The number of nitrogens with zero attached hydrogens (tertiary/aromatic N) is 3. The maximum Gasteiger partial charge on any atom is 0.237 e. The van der Waals surface area contributed by atoms with Gasteiger partial charge in [-0.05, 0) is 43.6 Å². The summed E-state index contributed by atoms with van der Waals surface area (Å²) in [7, 11) is 0. The third-order valence-electron chi connectivity index (χ3n) is 8.25. The molecule has 0 aromatic heterocycles. The van der Waals surface area contributed by atoms with Crippen LogP contribution in [-0.4, -0.2) is 77.5 Å². The Morgan fingerprint density at radius 2 is 1.81 bits per heavy atom. The fourth-order valence-corrected chi connectivity index (χ4v) is 6.38. The standard InChI is InChI=1S/C26H37N3O3/c30-24(16-21-6-4-5-7-21)27-13-10-23(11-14-27)29-18-25(31)28(17-22-8-2-1-3-9-22)19-26(29)12-15-32-20-26/h1-3,8-9,21,23H,4-7,10-20H2. The van der Waals surface area contributed by atoms with E-state index >= 15 is 0 Å². The number of ether oxygens (including phenoxy) is 1. The van der Waals surface area contributed by atoms with Gasteiger partial charge in [0, 0.05) is 45.2 Å². The Labute approximate surface area is 191 Å². The van der Waals surface area contributed by atoms with Crippen molar-refractivity contribution >= 4 is 11.8 Å². The highest BCUT2D eigenvalue weighted by molar-refractivity contribution is 5.79. The molecule has 1 unspecified atom stereocenters. The summed E-state index contributed by atoms with van der Waals surface area (Å²) in [5.41, 5.74) is 1.10. The van der Waals surface area contributed by atoms with Crippen molar-refractivity contribution in [1.82, 2.24) is 14.7 Å². The SMILES string of the molecule is O=C(CC1CCCC1)N1CCC(N2CC(=O)N(Cc3ccccc3)CC23CCOC3)CC1. The van der Waals surface area contributed by atoms with Crippen molar-refractivity contribution in [3.63, 3.8) is 0 Å². The molecular weight excluding hydrogens is 402 g/mol. The molecule has 5 rings (SSSR count). The van der Waals surface area contributed by atoms with Crippen LogP contribution in [0.25, 0.3) is 0 Å². The van der Waals surface area contributed by atoms with E-state index in [0.717, 1.165) is 51.9 Å². The van der Waals surface area contributed by atoms with Crippen molar-refractivity contribution in [2.24, 2.45) is 5.92 Å². The Kier molecular flexibility index (Phi) is 6.51. The average molecular weight is 440 g/mol. The van der Waals surface area contributed by atoms with Gasteiger partial charge in [-0.1, -0.05) is 43.2 Å². The van der Waals surface area contributed by atoms with Gasteiger partial charge in [0.1, 0.15) is 0 Å². The molecule has 1 aliphatic carbocycles. The van der Waals surface area contributed by atoms with Crippen LogP contribution >= 0.6 is 0 Å². The first-order valence-corrected chi connectivity index (χ1v) is 12.6. The van der Waals surface area contributed by atoms with Crippen molar-refractivity contribution in [1.29, 1.82) is 0 Å². The molecule has 1 aromatic carbocycles. The van der Waals surface area contributed by atoms with Crippen LogP contribution in [0.15, 0.2) is 30.3 Å². The third-order valence-corrected chi connectivity index (χ3v) is 8.25. The van der Waals surface area contributed by atoms with Crippen LogP contribution in [0.1, 0.15) is 56.9 Å². The lowest BCUT2D eigenvalue weighted by molar-refractivity contribution is -0.150. The maximum absolute atomic E-state index is 13.1. The number of carbonyl (C=O) groups excluding carboxylic acids is 2. The minimum Gasteiger partial charge on any atom is -0.379 e. The van der Waals surface area contributed by atoms with E-state index < -0.39 is 0 Å². The summed E-state index contributed by atoms with van der Waals surface area (Å²) in [6.45, 7) is 4.99. The van der Waals surface area contributed by atoms with E-state index in [1.54, 1.807) is 0 Å². The number of piperazine rings is 1. The summed E-state index contributed by atoms with van der Waals surface area (Å²) in [6.07, 6.45) is 8.66. The summed E-state index contributed by atoms with van der Waals surface area (Å²) >= 11 is 0. The Balaban J connectivity index is 1.22. The van der Waals surface area contributed by atoms with Crippen LogP contribution in [0.4, 0.5) is 0 Å². The van der Waals surface area contributed by atoms with Gasteiger partial charge in [-0.3, -0.25) is 14.5 Å². The maximum atomic E-state index is 13.1. The van der Waals surface area contributed by atoms with E-state index in [1.165, 1.54) is 31.2 Å². The van der Waals surface area contributed by atoms with Gasteiger partial charge in [0.05, 0.1) is 18.7 Å². The number of piperidine rings is 1. The summed E-state index contributed by atoms with van der Waals surface area (Å²) < 4.78 is 5.88. The lowest BCUT2D eigenvalue weighted by atomic mass is 9.87. The molecule has 1 aromatic rings. The molecule has 3 saturated heterocycles. The zero-order valence-electron chi connectivity index (χ0n) is 19.2. The van der Waals surface area contributed by atoms with Crippen LogP contribution < -0.4 is 0 Å². The molecule has 1 spiro atoms. The lowest BCUT2D eigenvalue weighted by Crippen LogP contribution is -2.68. The van der Waals surface area contributed by atoms with Gasteiger partial charge in [-0.2, -0.15) is 0 Å². The normalized spacial score (nSPS) is 28.2. The fraction of sp³-hybridized carbons (Fsp3) is 0.692. The van der Waals surface area contributed by atoms with Crippen molar-refractivity contribution < 1.29 is 14.3 Å². The number of carbonyl (C=O) groups is 2. The fourth-order valence-electron chi connectivity index (χ4n) is 6.38. The molecule has 2 amide bonds. The molecule has 6 heteroatoms. The smallest absolute Gasteiger partial charge is 0.237 e. The van der Waals surface area contributed by atoms with Crippen LogP contribution in [0.3, 0.4) is 0 Å². The van der Waals surface area contributed by atoms with Crippen LogP contribution in [0.2, 0.25) is 0 Å². The van der Waals surface area contributed by atoms with Crippen molar-refractivity contribution in [2.45, 2.75) is 69.5 Å². The predicted octanol–water partition coefficient (Wildman–Crippen LogP) is 3.06. The van der Waals surface area contributed by atoms with E-state index in [-0.39, 0.29) is 11.4 Å². The second-order valence-electron chi connectivity index (χ2n) is 10.4. The van der Waals surface area contributed by atoms with Gasteiger partial charge >= 0.3 is 0 Å². The second-order valence-corrected chi connectivity index (χ2v) is 10.4. The summed E-state index contributed by atoms with van der Waals surface area (Å²) in [4.78, 5) is 32.5. The van der Waals surface area contributed by atoms with Crippen LogP contribution in [-0.2, 0) is 20.9 Å². The van der Waals surface area contributed by atoms with Gasteiger partial charge in [0.15, 0.2) is 0 Å². The van der Waals surface area contributed by atoms with Gasteiger partial charge < -0.3 is 14.5 Å². The van der Waals surface area contributed by atoms with E-state index in [9.17, 15) is 9.59 Å². The second kappa shape index (κ2) is 9.52. The Morgan fingerprint density at radius 1 is 1.06 bits per heavy atom. The number of hydrogen-bond acceptors (Lipinski definition) is 4. The molecule has 32 heavy (non-hydrogen) atoms. The van der Waals surface area contributed by atoms with E-state index in [2.05, 4.69) is 21.9 Å². The van der Waals surface area contributed by atoms with Gasteiger partial charge in [-0.15, -0.1) is 0 Å². The van der Waals surface area contributed by atoms with Gasteiger partial charge in [0.2, 0.25) is 11.8 Å².